The van der Waals surface area contributed by atoms with Crippen molar-refractivity contribution in [3.05, 3.63) is 68.7 Å². The van der Waals surface area contributed by atoms with Crippen LogP contribution in [0.25, 0.3) is 0 Å². The van der Waals surface area contributed by atoms with E-state index in [-0.39, 0.29) is 5.91 Å². The second-order valence-corrected chi connectivity index (χ2v) is 5.74. The Morgan fingerprint density at radius 3 is 2.40 bits per heavy atom. The molecule has 20 heavy (non-hydrogen) atoms. The Bertz CT molecular complexity index is 610. The summed E-state index contributed by atoms with van der Waals surface area (Å²) in [6.45, 7) is 2.64. The van der Waals surface area contributed by atoms with Crippen LogP contribution in [0.15, 0.2) is 46.9 Å². The lowest BCUT2D eigenvalue weighted by molar-refractivity contribution is 0.0951. The lowest BCUT2D eigenvalue weighted by Gasteiger charge is -2.07. The highest BCUT2D eigenvalue weighted by Crippen LogP contribution is 2.23. The molecule has 0 unspecified atom stereocenters. The van der Waals surface area contributed by atoms with Gasteiger partial charge in [0.2, 0.25) is 0 Å². The fourth-order valence-electron chi connectivity index (χ4n) is 1.81. The summed E-state index contributed by atoms with van der Waals surface area (Å²) in [5.74, 6) is -0.109. The summed E-state index contributed by atoms with van der Waals surface area (Å²) in [7, 11) is 0. The van der Waals surface area contributed by atoms with Crippen molar-refractivity contribution in [3.63, 3.8) is 0 Å². The molecule has 0 aliphatic carbocycles. The summed E-state index contributed by atoms with van der Waals surface area (Å²) in [6.07, 6.45) is 1.02. The zero-order chi connectivity index (χ0) is 14.5. The molecule has 0 fully saturated rings. The predicted octanol–water partition coefficient (Wildman–Crippen LogP) is 4.59. The summed E-state index contributed by atoms with van der Waals surface area (Å²) >= 11 is 9.22. The number of hydrogen-bond donors (Lipinski definition) is 1. The zero-order valence-corrected chi connectivity index (χ0v) is 13.5. The maximum absolute atomic E-state index is 12.0. The molecule has 0 spiro atoms. The first-order chi connectivity index (χ1) is 9.60. The van der Waals surface area contributed by atoms with Crippen LogP contribution in [0.1, 0.15) is 28.4 Å². The van der Waals surface area contributed by atoms with Crippen LogP contribution in [0.4, 0.5) is 0 Å². The van der Waals surface area contributed by atoms with Crippen molar-refractivity contribution >= 4 is 33.4 Å². The molecule has 0 saturated heterocycles. The fraction of sp³-hybridized carbons (Fsp3) is 0.188. The predicted molar refractivity (Wildman–Crippen MR) is 86.1 cm³/mol. The van der Waals surface area contributed by atoms with Crippen molar-refractivity contribution in [1.29, 1.82) is 0 Å². The van der Waals surface area contributed by atoms with Crippen molar-refractivity contribution in [2.75, 3.05) is 0 Å². The third-order valence-electron chi connectivity index (χ3n) is 3.07. The Morgan fingerprint density at radius 2 is 1.80 bits per heavy atom. The fourth-order valence-corrected chi connectivity index (χ4v) is 2.31. The van der Waals surface area contributed by atoms with E-state index in [1.165, 1.54) is 5.56 Å². The van der Waals surface area contributed by atoms with Crippen LogP contribution in [0.5, 0.6) is 0 Å². The minimum atomic E-state index is -0.109. The highest BCUT2D eigenvalue weighted by molar-refractivity contribution is 9.10. The molecule has 2 nitrogen and oxygen atoms in total. The van der Waals surface area contributed by atoms with Crippen molar-refractivity contribution < 1.29 is 4.79 Å². The van der Waals surface area contributed by atoms with E-state index < -0.39 is 0 Å². The number of amides is 1. The number of hydrogen-bond acceptors (Lipinski definition) is 1. The van der Waals surface area contributed by atoms with Crippen molar-refractivity contribution in [2.24, 2.45) is 0 Å². The normalized spacial score (nSPS) is 10.3. The number of nitrogens with one attached hydrogen (secondary N) is 1. The topological polar surface area (TPSA) is 29.1 Å². The minimum absolute atomic E-state index is 0.109. The molecule has 0 bridgehead atoms. The molecular weight excluding hydrogens is 338 g/mol. The molecule has 0 radical (unpaired) electrons. The Morgan fingerprint density at radius 1 is 1.15 bits per heavy atom. The van der Waals surface area contributed by atoms with E-state index in [1.807, 2.05) is 12.1 Å². The van der Waals surface area contributed by atoms with E-state index in [0.717, 1.165) is 16.5 Å². The lowest BCUT2D eigenvalue weighted by atomic mass is 10.1. The molecule has 2 rings (SSSR count). The van der Waals surface area contributed by atoms with Gasteiger partial charge in [-0.2, -0.15) is 0 Å². The zero-order valence-electron chi connectivity index (χ0n) is 11.1. The van der Waals surface area contributed by atoms with Crippen LogP contribution < -0.4 is 5.32 Å². The van der Waals surface area contributed by atoms with E-state index in [0.29, 0.717) is 17.1 Å². The van der Waals surface area contributed by atoms with E-state index in [2.05, 4.69) is 40.3 Å². The summed E-state index contributed by atoms with van der Waals surface area (Å²) in [5.41, 5.74) is 2.97. The van der Waals surface area contributed by atoms with Gasteiger partial charge in [-0.25, -0.2) is 0 Å². The van der Waals surface area contributed by atoms with Gasteiger partial charge in [0.05, 0.1) is 5.02 Å². The third kappa shape index (κ3) is 3.84. The van der Waals surface area contributed by atoms with E-state index >= 15 is 0 Å². The molecule has 1 amide bonds. The summed E-state index contributed by atoms with van der Waals surface area (Å²) in [5, 5.41) is 3.49. The van der Waals surface area contributed by atoms with Gasteiger partial charge >= 0.3 is 0 Å². The highest BCUT2D eigenvalue weighted by atomic mass is 79.9. The van der Waals surface area contributed by atoms with Gasteiger partial charge in [-0.15, -0.1) is 0 Å². The van der Waals surface area contributed by atoms with Gasteiger partial charge in [-0.1, -0.05) is 42.8 Å². The van der Waals surface area contributed by atoms with Gasteiger partial charge in [0.15, 0.2) is 0 Å². The van der Waals surface area contributed by atoms with Gasteiger partial charge in [0.1, 0.15) is 0 Å². The van der Waals surface area contributed by atoms with Gasteiger partial charge in [-0.05, 0) is 51.7 Å². The second-order valence-electron chi connectivity index (χ2n) is 4.48. The minimum Gasteiger partial charge on any atom is -0.348 e. The van der Waals surface area contributed by atoms with Gasteiger partial charge in [0, 0.05) is 16.6 Å². The molecule has 0 saturated carbocycles. The van der Waals surface area contributed by atoms with Gasteiger partial charge in [-0.3, -0.25) is 4.79 Å². The number of benzene rings is 2. The number of rotatable bonds is 4. The van der Waals surface area contributed by atoms with Crippen molar-refractivity contribution in [1.82, 2.24) is 5.32 Å². The molecule has 2 aromatic carbocycles. The highest BCUT2D eigenvalue weighted by Gasteiger charge is 2.07. The number of carbonyl (C=O) groups is 1. The second kappa shape index (κ2) is 6.91. The quantitative estimate of drug-likeness (QED) is 0.856. The smallest absolute Gasteiger partial charge is 0.251 e. The van der Waals surface area contributed by atoms with Crippen LogP contribution in [-0.4, -0.2) is 5.91 Å². The summed E-state index contributed by atoms with van der Waals surface area (Å²) in [6, 6.07) is 13.4. The van der Waals surface area contributed by atoms with Crippen LogP contribution in [0.2, 0.25) is 5.02 Å². The van der Waals surface area contributed by atoms with E-state index in [4.69, 9.17) is 11.6 Å². The van der Waals surface area contributed by atoms with Crippen molar-refractivity contribution in [2.45, 2.75) is 19.9 Å². The first kappa shape index (κ1) is 15.1. The Hall–Kier alpha value is -1.32. The molecule has 0 aliphatic heterocycles. The molecule has 4 heteroatoms. The molecule has 1 N–H and O–H groups in total. The van der Waals surface area contributed by atoms with Crippen LogP contribution in [0, 0.1) is 0 Å². The average Bonchev–Trinajstić information content (AvgIpc) is 2.48. The number of aryl methyl sites for hydroxylation is 1. The van der Waals surface area contributed by atoms with Gasteiger partial charge in [0.25, 0.3) is 5.91 Å². The van der Waals surface area contributed by atoms with E-state index in [1.54, 1.807) is 18.2 Å². The lowest BCUT2D eigenvalue weighted by Crippen LogP contribution is -2.22. The molecule has 2 aromatic rings. The average molecular weight is 353 g/mol. The molecular formula is C16H15BrClNO. The van der Waals surface area contributed by atoms with Gasteiger partial charge < -0.3 is 5.32 Å². The Labute approximate surface area is 132 Å². The first-order valence-electron chi connectivity index (χ1n) is 6.41. The number of carbonyl (C=O) groups excluding carboxylic acids is 1. The maximum Gasteiger partial charge on any atom is 0.251 e. The standard InChI is InChI=1S/C16H15BrClNO/c1-2-11-3-5-12(6-4-11)10-19-16(20)13-7-8-15(18)14(17)9-13/h3-9H,2,10H2,1H3,(H,19,20). The maximum atomic E-state index is 12.0. The summed E-state index contributed by atoms with van der Waals surface area (Å²) in [4.78, 5) is 12.0. The molecule has 0 aliphatic rings. The number of halogens is 2. The largest absolute Gasteiger partial charge is 0.348 e. The molecule has 0 atom stereocenters. The SMILES string of the molecule is CCc1ccc(CNC(=O)c2ccc(Cl)c(Br)c2)cc1. The molecule has 104 valence electrons. The Kier molecular flexibility index (Phi) is 5.21. The van der Waals surface area contributed by atoms with Crippen LogP contribution in [-0.2, 0) is 13.0 Å². The first-order valence-corrected chi connectivity index (χ1v) is 7.58. The van der Waals surface area contributed by atoms with E-state index in [9.17, 15) is 4.79 Å². The van der Waals surface area contributed by atoms with Crippen molar-refractivity contribution in [3.8, 4) is 0 Å². The van der Waals surface area contributed by atoms with Crippen LogP contribution >= 0.6 is 27.5 Å². The molecule has 0 aromatic heterocycles. The van der Waals surface area contributed by atoms with Crippen LogP contribution in [0.3, 0.4) is 0 Å². The summed E-state index contributed by atoms with van der Waals surface area (Å²) < 4.78 is 0.721. The molecule has 0 heterocycles. The monoisotopic (exact) mass is 351 g/mol. The third-order valence-corrected chi connectivity index (χ3v) is 4.28. The Balaban J connectivity index is 1.98.